The van der Waals surface area contributed by atoms with E-state index < -0.39 is 21.4 Å². The summed E-state index contributed by atoms with van der Waals surface area (Å²) in [6.45, 7) is 21.6. The van der Waals surface area contributed by atoms with Crippen molar-refractivity contribution in [1.29, 1.82) is 0 Å². The van der Waals surface area contributed by atoms with E-state index in [4.69, 9.17) is 0 Å². The summed E-state index contributed by atoms with van der Waals surface area (Å²) in [6, 6.07) is 1.44. The van der Waals surface area contributed by atoms with E-state index in [1.807, 2.05) is 0 Å². The Balaban J connectivity index is 3.96. The third kappa shape index (κ3) is 10.5. The van der Waals surface area contributed by atoms with Crippen LogP contribution in [0.25, 0.3) is 0 Å². The zero-order valence-electron chi connectivity index (χ0n) is 16.7. The molecule has 132 valence electrons. The van der Waals surface area contributed by atoms with Crippen molar-refractivity contribution < 1.29 is 0 Å². The first-order chi connectivity index (χ1) is 10.5. The third-order valence-electron chi connectivity index (χ3n) is 5.07. The van der Waals surface area contributed by atoms with Gasteiger partial charge in [-0.15, -0.1) is 0 Å². The van der Waals surface area contributed by atoms with Gasteiger partial charge in [-0.2, -0.15) is 0 Å². The van der Waals surface area contributed by atoms with Gasteiger partial charge >= 0.3 is 150 Å². The van der Waals surface area contributed by atoms with E-state index in [1.165, 1.54) is 45.4 Å². The van der Waals surface area contributed by atoms with Crippen molar-refractivity contribution in [2.75, 3.05) is 26.2 Å². The number of hydrogen-bond donors (Lipinski definition) is 0. The molecule has 0 amide bonds. The predicted molar refractivity (Wildman–Crippen MR) is 104 cm³/mol. The summed E-state index contributed by atoms with van der Waals surface area (Å²) >= 11 is -1.20. The fourth-order valence-electron chi connectivity index (χ4n) is 3.42. The fourth-order valence-corrected chi connectivity index (χ4v) is 10.9. The number of rotatable bonds is 14. The summed E-state index contributed by atoms with van der Waals surface area (Å²) in [6.07, 6.45) is 4.22. The van der Waals surface area contributed by atoms with Crippen molar-refractivity contribution in [3.63, 3.8) is 0 Å². The summed E-state index contributed by atoms with van der Waals surface area (Å²) in [5, 5.41) is 0. The van der Waals surface area contributed by atoms with Gasteiger partial charge in [-0.05, 0) is 0 Å². The normalized spacial score (nSPS) is 12.1. The Labute approximate surface area is 149 Å². The van der Waals surface area contributed by atoms with Gasteiger partial charge in [0, 0.05) is 0 Å². The Morgan fingerprint density at radius 2 is 1.23 bits per heavy atom. The summed E-state index contributed by atoms with van der Waals surface area (Å²) in [5.74, 6) is 0. The van der Waals surface area contributed by atoms with Crippen LogP contribution in [-0.4, -0.2) is 69.5 Å². The van der Waals surface area contributed by atoms with Gasteiger partial charge in [-0.3, -0.25) is 0 Å². The molecule has 0 rings (SSSR count). The number of hydrogen-bond acceptors (Lipinski definition) is 2. The van der Waals surface area contributed by atoms with E-state index in [-0.39, 0.29) is 0 Å². The van der Waals surface area contributed by atoms with E-state index in [1.54, 1.807) is 12.5 Å². The average molecular weight is 414 g/mol. The van der Waals surface area contributed by atoms with Crippen LogP contribution in [-0.2, 0) is 0 Å². The molecule has 0 bridgehead atoms. The first-order valence-electron chi connectivity index (χ1n) is 9.94. The van der Waals surface area contributed by atoms with E-state index in [0.29, 0.717) is 6.04 Å². The van der Waals surface area contributed by atoms with Crippen molar-refractivity contribution in [2.45, 2.75) is 92.3 Å². The molecule has 0 aliphatic heterocycles. The molecule has 0 saturated carbocycles. The Bertz CT molecular complexity index is 244. The second kappa shape index (κ2) is 14.2. The molecular formula is C19H43InN2. The molecule has 0 aromatic rings. The molecule has 0 aromatic heterocycles. The minimum atomic E-state index is -1.20. The molecule has 0 fully saturated rings. The van der Waals surface area contributed by atoms with Crippen LogP contribution in [0.15, 0.2) is 0 Å². The molecule has 0 saturated heterocycles. The molecule has 2 nitrogen and oxygen atoms in total. The second-order valence-electron chi connectivity index (χ2n) is 7.41. The first-order valence-corrected chi connectivity index (χ1v) is 16.9. The summed E-state index contributed by atoms with van der Waals surface area (Å²) < 4.78 is 4.81. The van der Waals surface area contributed by atoms with Crippen LogP contribution in [0.4, 0.5) is 0 Å². The SMILES string of the molecule is CCCN(CC[CH2][In]([CH2]C)[CH2]CCN(CC)C(C)C)C(C)C. The third-order valence-corrected chi connectivity index (χ3v) is 15.4. The quantitative estimate of drug-likeness (QED) is 0.389. The molecule has 0 aromatic carbocycles. The van der Waals surface area contributed by atoms with Crippen LogP contribution >= 0.6 is 0 Å². The van der Waals surface area contributed by atoms with Gasteiger partial charge in [-0.25, -0.2) is 0 Å². The topological polar surface area (TPSA) is 6.48 Å². The maximum atomic E-state index is 2.68. The Kier molecular flexibility index (Phi) is 14.7. The molecule has 22 heavy (non-hydrogen) atoms. The van der Waals surface area contributed by atoms with E-state index in [0.717, 1.165) is 6.04 Å². The van der Waals surface area contributed by atoms with Gasteiger partial charge < -0.3 is 0 Å². The molecule has 0 spiro atoms. The average Bonchev–Trinajstić information content (AvgIpc) is 2.48. The molecule has 0 unspecified atom stereocenters. The molecule has 0 heterocycles. The molecule has 3 heteroatoms. The monoisotopic (exact) mass is 414 g/mol. The molecule has 0 atom stereocenters. The zero-order chi connectivity index (χ0) is 17.0. The summed E-state index contributed by atoms with van der Waals surface area (Å²) in [5.41, 5.74) is 0. The van der Waals surface area contributed by atoms with Gasteiger partial charge in [0.05, 0.1) is 0 Å². The van der Waals surface area contributed by atoms with E-state index in [9.17, 15) is 0 Å². The Morgan fingerprint density at radius 1 is 0.727 bits per heavy atom. The van der Waals surface area contributed by atoms with Crippen LogP contribution in [0.2, 0.25) is 12.5 Å². The fraction of sp³-hybridized carbons (Fsp3) is 1.00. The molecular weight excluding hydrogens is 371 g/mol. The number of nitrogens with zero attached hydrogens (tertiary/aromatic N) is 2. The van der Waals surface area contributed by atoms with E-state index >= 15 is 0 Å². The predicted octanol–water partition coefficient (Wildman–Crippen LogP) is 5.13. The van der Waals surface area contributed by atoms with Gasteiger partial charge in [0.2, 0.25) is 0 Å². The van der Waals surface area contributed by atoms with Crippen molar-refractivity contribution in [3.8, 4) is 0 Å². The second-order valence-corrected chi connectivity index (χ2v) is 18.0. The van der Waals surface area contributed by atoms with Gasteiger partial charge in [-0.1, -0.05) is 0 Å². The van der Waals surface area contributed by atoms with Crippen molar-refractivity contribution in [3.05, 3.63) is 0 Å². The molecule has 0 aliphatic carbocycles. The maximum absolute atomic E-state index is 2.68. The van der Waals surface area contributed by atoms with Crippen molar-refractivity contribution in [1.82, 2.24) is 9.80 Å². The van der Waals surface area contributed by atoms with Crippen LogP contribution in [0.3, 0.4) is 0 Å². The zero-order valence-corrected chi connectivity index (χ0v) is 20.0. The standard InChI is InChI=1S/C9H20N.C8H18N.C2H5.In/c1-5-7-10(8-6-2)9(3)4;1-5-7-9(6-2)8(3)4;1-2;/h9H,1,5-8H2,2-4H3;8H,1,5-7H2,2-4H3;1H2,2H3;. The minimum absolute atomic E-state index is 0.717. The van der Waals surface area contributed by atoms with Crippen LogP contribution in [0, 0.1) is 0 Å². The Hall–Kier alpha value is 0.790. The van der Waals surface area contributed by atoms with Gasteiger partial charge in [0.1, 0.15) is 0 Å². The van der Waals surface area contributed by atoms with Crippen LogP contribution < -0.4 is 0 Å². The molecule has 0 radical (unpaired) electrons. The molecule has 0 aliphatic rings. The van der Waals surface area contributed by atoms with E-state index in [2.05, 4.69) is 58.3 Å². The summed E-state index contributed by atoms with van der Waals surface area (Å²) in [7, 11) is 0. The summed E-state index contributed by atoms with van der Waals surface area (Å²) in [4.78, 5) is 5.30. The van der Waals surface area contributed by atoms with Crippen molar-refractivity contribution >= 4 is 21.4 Å². The van der Waals surface area contributed by atoms with Crippen LogP contribution in [0.1, 0.15) is 67.7 Å². The Morgan fingerprint density at radius 3 is 1.59 bits per heavy atom. The molecule has 0 N–H and O–H groups in total. The van der Waals surface area contributed by atoms with Crippen molar-refractivity contribution in [2.24, 2.45) is 0 Å². The van der Waals surface area contributed by atoms with Crippen LogP contribution in [0.5, 0.6) is 0 Å². The van der Waals surface area contributed by atoms with Gasteiger partial charge in [0.25, 0.3) is 0 Å². The van der Waals surface area contributed by atoms with Gasteiger partial charge in [0.15, 0.2) is 0 Å². The first kappa shape index (κ1) is 22.8.